The van der Waals surface area contributed by atoms with Gasteiger partial charge in [-0.1, -0.05) is 96.1 Å². The number of aromatic nitrogens is 1. The first kappa shape index (κ1) is 40.5. The Morgan fingerprint density at radius 1 is 0.872 bits per heavy atom. The summed E-state index contributed by atoms with van der Waals surface area (Å²) >= 11 is 0. The lowest BCUT2D eigenvalue weighted by atomic mass is 10.0. The summed E-state index contributed by atoms with van der Waals surface area (Å²) in [6, 6.07) is 8.44. The van der Waals surface area contributed by atoms with E-state index in [1.807, 2.05) is 0 Å². The van der Waals surface area contributed by atoms with E-state index in [0.717, 1.165) is 19.3 Å². The van der Waals surface area contributed by atoms with Crippen LogP contribution < -0.4 is 14.8 Å². The highest BCUT2D eigenvalue weighted by Gasteiger charge is 2.29. The molecule has 47 heavy (non-hydrogen) atoms. The molecular formula is C34H52F3N2O7P. The zero-order chi connectivity index (χ0) is 34.5. The van der Waals surface area contributed by atoms with E-state index in [-0.39, 0.29) is 31.1 Å². The van der Waals surface area contributed by atoms with Gasteiger partial charge in [-0.05, 0) is 36.6 Å². The second-order valence-corrected chi connectivity index (χ2v) is 13.8. The maximum Gasteiger partial charge on any atom is 0.422 e. The fraction of sp³-hybridized carbons (Fsp3) is 0.647. The minimum absolute atomic E-state index is 0.0160. The van der Waals surface area contributed by atoms with Crippen molar-refractivity contribution in [1.82, 2.24) is 10.3 Å². The van der Waals surface area contributed by atoms with Gasteiger partial charge < -0.3 is 29.7 Å². The molecule has 1 aromatic heterocycles. The second kappa shape index (κ2) is 22.1. The highest BCUT2D eigenvalue weighted by atomic mass is 31.2. The number of rotatable bonds is 25. The number of pyridine rings is 1. The monoisotopic (exact) mass is 688 g/mol. The smallest absolute Gasteiger partial charge is 0.422 e. The number of aliphatic hydroxyl groups excluding tert-OH is 1. The summed E-state index contributed by atoms with van der Waals surface area (Å²) in [4.78, 5) is 35.6. The Labute approximate surface area is 276 Å². The van der Waals surface area contributed by atoms with E-state index in [2.05, 4.69) is 17.2 Å². The van der Waals surface area contributed by atoms with Crippen molar-refractivity contribution in [1.29, 1.82) is 0 Å². The summed E-state index contributed by atoms with van der Waals surface area (Å²) < 4.78 is 59.2. The van der Waals surface area contributed by atoms with Crippen molar-refractivity contribution < 1.29 is 46.9 Å². The van der Waals surface area contributed by atoms with Gasteiger partial charge in [0, 0.05) is 18.7 Å². The molecule has 0 bridgehead atoms. The molecule has 1 heterocycles. The zero-order valence-corrected chi connectivity index (χ0v) is 28.3. The number of hydrogen-bond acceptors (Lipinski definition) is 6. The molecule has 0 saturated carbocycles. The van der Waals surface area contributed by atoms with E-state index in [9.17, 15) is 37.4 Å². The Morgan fingerprint density at radius 3 is 2.00 bits per heavy atom. The summed E-state index contributed by atoms with van der Waals surface area (Å²) in [7, 11) is -4.53. The standard InChI is InChI=1S/C34H52F3N2O7P/c1-2-3-4-5-6-7-8-9-10-11-12-13-14-15-33(41)39-31(32(40)25-47(42,43)44)22-27-16-18-29(19-17-27)45-24-28-23-30(20-21-38-28)46-26-34(35,36)37/h16-21,23,31-32,40H,2-15,22,24-26H2,1H3,(H,39,41)(H2,42,43,44)/t31-,32?/m1/s1. The Kier molecular flexibility index (Phi) is 19.0. The maximum atomic E-state index is 12.7. The molecule has 0 radical (unpaired) electrons. The van der Waals surface area contributed by atoms with Crippen molar-refractivity contribution in [2.24, 2.45) is 0 Å². The van der Waals surface area contributed by atoms with Crippen LogP contribution in [-0.2, 0) is 22.4 Å². The van der Waals surface area contributed by atoms with Gasteiger partial charge >= 0.3 is 13.8 Å². The van der Waals surface area contributed by atoms with Crippen LogP contribution in [0.25, 0.3) is 0 Å². The average Bonchev–Trinajstić information content (AvgIpc) is 3.00. The number of halogens is 3. The van der Waals surface area contributed by atoms with Gasteiger partial charge in [0.15, 0.2) is 6.61 Å². The lowest BCUT2D eigenvalue weighted by molar-refractivity contribution is -0.153. The van der Waals surface area contributed by atoms with Crippen molar-refractivity contribution in [2.75, 3.05) is 12.8 Å². The van der Waals surface area contributed by atoms with Gasteiger partial charge in [0.2, 0.25) is 5.91 Å². The number of alkyl halides is 3. The minimum atomic E-state index is -4.53. The van der Waals surface area contributed by atoms with E-state index in [4.69, 9.17) is 9.47 Å². The molecular weight excluding hydrogens is 636 g/mol. The topological polar surface area (TPSA) is 138 Å². The summed E-state index contributed by atoms with van der Waals surface area (Å²) in [5.74, 6) is 0.176. The number of carbonyl (C=O) groups is 1. The molecule has 0 fully saturated rings. The molecule has 13 heteroatoms. The number of hydrogen-bond donors (Lipinski definition) is 4. The quantitative estimate of drug-likeness (QED) is 0.0617. The highest BCUT2D eigenvalue weighted by Crippen LogP contribution is 2.36. The molecule has 0 saturated heterocycles. The average molecular weight is 689 g/mol. The Bertz CT molecular complexity index is 1190. The lowest BCUT2D eigenvalue weighted by Crippen LogP contribution is -2.46. The molecule has 0 aliphatic carbocycles. The SMILES string of the molecule is CCCCCCCCCCCCCCCC(=O)N[C@H](Cc1ccc(OCc2cc(OCC(F)(F)F)ccn2)cc1)C(O)CP(=O)(O)O. The van der Waals surface area contributed by atoms with E-state index < -0.39 is 38.7 Å². The van der Waals surface area contributed by atoms with Crippen molar-refractivity contribution in [3.63, 3.8) is 0 Å². The van der Waals surface area contributed by atoms with Gasteiger partial charge in [-0.3, -0.25) is 14.3 Å². The second-order valence-electron chi connectivity index (χ2n) is 12.1. The van der Waals surface area contributed by atoms with Crippen LogP contribution in [0.5, 0.6) is 11.5 Å². The predicted octanol–water partition coefficient (Wildman–Crippen LogP) is 7.65. The van der Waals surface area contributed by atoms with Gasteiger partial charge in [-0.2, -0.15) is 13.2 Å². The Balaban J connectivity index is 1.78. The molecule has 2 rings (SSSR count). The molecule has 0 aliphatic rings. The van der Waals surface area contributed by atoms with Crippen molar-refractivity contribution in [3.05, 3.63) is 53.9 Å². The van der Waals surface area contributed by atoms with Crippen LogP contribution >= 0.6 is 7.60 Å². The van der Waals surface area contributed by atoms with Crippen LogP contribution in [0.4, 0.5) is 13.2 Å². The number of nitrogens with zero attached hydrogens (tertiary/aromatic N) is 1. The first-order valence-electron chi connectivity index (χ1n) is 16.7. The largest absolute Gasteiger partial charge is 0.487 e. The van der Waals surface area contributed by atoms with Crippen molar-refractivity contribution in [3.8, 4) is 11.5 Å². The number of unbranched alkanes of at least 4 members (excludes halogenated alkanes) is 12. The maximum absolute atomic E-state index is 12.7. The van der Waals surface area contributed by atoms with Crippen LogP contribution in [0.2, 0.25) is 0 Å². The highest BCUT2D eigenvalue weighted by molar-refractivity contribution is 7.51. The molecule has 0 spiro atoms. The van der Waals surface area contributed by atoms with E-state index in [1.165, 1.54) is 76.1 Å². The first-order chi connectivity index (χ1) is 22.3. The van der Waals surface area contributed by atoms with Crippen LogP contribution in [0.1, 0.15) is 108 Å². The van der Waals surface area contributed by atoms with E-state index in [1.54, 1.807) is 24.3 Å². The van der Waals surface area contributed by atoms with Gasteiger partial charge in [0.25, 0.3) is 0 Å². The molecule has 2 atom stereocenters. The summed E-state index contributed by atoms with van der Waals surface area (Å²) in [5.41, 5.74) is 1.05. The van der Waals surface area contributed by atoms with Gasteiger partial charge in [0.1, 0.15) is 18.1 Å². The normalized spacial score (nSPS) is 13.3. The first-order valence-corrected chi connectivity index (χ1v) is 18.5. The number of carbonyl (C=O) groups excluding carboxylic acids is 1. The summed E-state index contributed by atoms with van der Waals surface area (Å²) in [6.07, 6.45) is 10.5. The van der Waals surface area contributed by atoms with E-state index >= 15 is 0 Å². The molecule has 1 unspecified atom stereocenters. The molecule has 0 aliphatic heterocycles. The van der Waals surface area contributed by atoms with Gasteiger partial charge in [-0.25, -0.2) is 0 Å². The molecule has 4 N–H and O–H groups in total. The summed E-state index contributed by atoms with van der Waals surface area (Å²) in [5, 5.41) is 13.4. The van der Waals surface area contributed by atoms with Crippen LogP contribution in [0, 0.1) is 0 Å². The molecule has 1 amide bonds. The number of aliphatic hydroxyl groups is 1. The number of benzene rings is 1. The third kappa shape index (κ3) is 20.3. The van der Waals surface area contributed by atoms with Crippen molar-refractivity contribution in [2.45, 2.75) is 128 Å². The number of ether oxygens (including phenoxy) is 2. The molecule has 2 aromatic rings. The zero-order valence-electron chi connectivity index (χ0n) is 27.4. The van der Waals surface area contributed by atoms with Crippen LogP contribution in [0.15, 0.2) is 42.6 Å². The van der Waals surface area contributed by atoms with E-state index in [0.29, 0.717) is 23.4 Å². The fourth-order valence-corrected chi connectivity index (χ4v) is 5.90. The number of nitrogens with one attached hydrogen (secondary N) is 1. The van der Waals surface area contributed by atoms with Crippen LogP contribution in [0.3, 0.4) is 0 Å². The summed E-state index contributed by atoms with van der Waals surface area (Å²) in [6.45, 7) is 0.786. The van der Waals surface area contributed by atoms with Crippen LogP contribution in [-0.4, -0.2) is 56.9 Å². The third-order valence-electron chi connectivity index (χ3n) is 7.70. The fourth-order valence-electron chi connectivity index (χ4n) is 5.16. The predicted molar refractivity (Wildman–Crippen MR) is 175 cm³/mol. The third-order valence-corrected chi connectivity index (χ3v) is 8.55. The Hall–Kier alpha value is -2.66. The molecule has 266 valence electrons. The Morgan fingerprint density at radius 2 is 1.45 bits per heavy atom. The minimum Gasteiger partial charge on any atom is -0.487 e. The van der Waals surface area contributed by atoms with Gasteiger partial charge in [-0.15, -0.1) is 0 Å². The lowest BCUT2D eigenvalue weighted by Gasteiger charge is -2.25. The van der Waals surface area contributed by atoms with Crippen molar-refractivity contribution >= 4 is 13.5 Å². The molecule has 9 nitrogen and oxygen atoms in total. The number of amides is 1. The van der Waals surface area contributed by atoms with Gasteiger partial charge in [0.05, 0.1) is 24.0 Å². The molecule has 1 aromatic carbocycles.